The summed E-state index contributed by atoms with van der Waals surface area (Å²) in [6.45, 7) is 9.44. The normalized spacial score (nSPS) is 24.8. The minimum absolute atomic E-state index is 0.0579. The lowest BCUT2D eigenvalue weighted by molar-refractivity contribution is -0.142. The number of Topliss-reactive ketones (excluding diaryl/α,β-unsaturated/α-hetero) is 1. The Morgan fingerprint density at radius 2 is 2.03 bits per heavy atom. The standard InChI is InChI=1S/C26H33NO5/c1-5-30-21-11-7-6-10-18(21)23-22(25(29)32-15-17-9-8-12-31-17)16(2)27-19-13-26(3,4)14-20(28)24(19)23/h6-7,10-11,17,23,27H,5,8-9,12-15H2,1-4H3/t17-,23+/m1/s1. The van der Waals surface area contributed by atoms with E-state index in [0.29, 0.717) is 36.5 Å². The van der Waals surface area contributed by atoms with Gasteiger partial charge in [-0.25, -0.2) is 4.79 Å². The predicted octanol–water partition coefficient (Wildman–Crippen LogP) is 4.41. The molecule has 2 aliphatic heterocycles. The maximum Gasteiger partial charge on any atom is 0.336 e. The fourth-order valence-corrected chi connectivity index (χ4v) is 5.05. The predicted molar refractivity (Wildman–Crippen MR) is 121 cm³/mol. The Balaban J connectivity index is 1.76. The first-order valence-corrected chi connectivity index (χ1v) is 11.5. The summed E-state index contributed by atoms with van der Waals surface area (Å²) in [6.07, 6.45) is 3.01. The molecule has 0 bridgehead atoms. The van der Waals surface area contributed by atoms with E-state index in [1.54, 1.807) is 0 Å². The number of dihydropyridines is 1. The Morgan fingerprint density at radius 1 is 1.25 bits per heavy atom. The molecule has 1 aliphatic carbocycles. The van der Waals surface area contributed by atoms with Crippen molar-refractivity contribution >= 4 is 11.8 Å². The number of rotatable bonds is 6. The van der Waals surface area contributed by atoms with Crippen molar-refractivity contribution in [1.82, 2.24) is 5.32 Å². The van der Waals surface area contributed by atoms with Crippen molar-refractivity contribution in [2.24, 2.45) is 5.41 Å². The molecule has 0 aromatic heterocycles. The monoisotopic (exact) mass is 439 g/mol. The van der Waals surface area contributed by atoms with Crippen LogP contribution in [0.25, 0.3) is 0 Å². The molecule has 4 rings (SSSR count). The molecule has 1 saturated heterocycles. The Labute approximate surface area is 190 Å². The average Bonchev–Trinajstić information content (AvgIpc) is 3.24. The van der Waals surface area contributed by atoms with Crippen LogP contribution < -0.4 is 10.1 Å². The van der Waals surface area contributed by atoms with Gasteiger partial charge in [-0.1, -0.05) is 32.0 Å². The molecule has 0 saturated carbocycles. The molecule has 172 valence electrons. The van der Waals surface area contributed by atoms with E-state index in [-0.39, 0.29) is 23.9 Å². The largest absolute Gasteiger partial charge is 0.494 e. The first-order valence-electron chi connectivity index (χ1n) is 11.5. The smallest absolute Gasteiger partial charge is 0.336 e. The van der Waals surface area contributed by atoms with Gasteiger partial charge in [0.25, 0.3) is 0 Å². The number of hydrogen-bond acceptors (Lipinski definition) is 6. The lowest BCUT2D eigenvalue weighted by Crippen LogP contribution is -2.39. The highest BCUT2D eigenvalue weighted by molar-refractivity contribution is 6.04. The number of esters is 1. The Hall–Kier alpha value is -2.60. The number of allylic oxidation sites excluding steroid dienone is 3. The van der Waals surface area contributed by atoms with E-state index in [2.05, 4.69) is 19.2 Å². The van der Waals surface area contributed by atoms with E-state index in [1.807, 2.05) is 38.1 Å². The zero-order chi connectivity index (χ0) is 22.9. The fraction of sp³-hybridized carbons (Fsp3) is 0.538. The van der Waals surface area contributed by atoms with E-state index in [0.717, 1.165) is 36.2 Å². The van der Waals surface area contributed by atoms with E-state index in [9.17, 15) is 9.59 Å². The number of para-hydroxylation sites is 1. The van der Waals surface area contributed by atoms with Crippen LogP contribution in [-0.4, -0.2) is 37.7 Å². The molecule has 32 heavy (non-hydrogen) atoms. The van der Waals surface area contributed by atoms with Crippen LogP contribution in [0.5, 0.6) is 5.75 Å². The topological polar surface area (TPSA) is 73.9 Å². The Morgan fingerprint density at radius 3 is 2.75 bits per heavy atom. The van der Waals surface area contributed by atoms with Crippen molar-refractivity contribution in [2.75, 3.05) is 19.8 Å². The molecule has 0 amide bonds. The second-order valence-electron chi connectivity index (χ2n) is 9.63. The molecule has 0 unspecified atom stereocenters. The molecule has 1 fully saturated rings. The third-order valence-electron chi connectivity index (χ3n) is 6.41. The summed E-state index contributed by atoms with van der Waals surface area (Å²) in [4.78, 5) is 26.8. The number of carbonyl (C=O) groups excluding carboxylic acids is 2. The quantitative estimate of drug-likeness (QED) is 0.662. The van der Waals surface area contributed by atoms with Crippen molar-refractivity contribution in [3.05, 3.63) is 52.4 Å². The SMILES string of the molecule is CCOc1ccccc1[C@H]1C(C(=O)OC[C@H]2CCCO2)=C(C)NC2=C1C(=O)CC(C)(C)C2. The number of hydrogen-bond donors (Lipinski definition) is 1. The molecule has 0 radical (unpaired) electrons. The highest BCUT2D eigenvalue weighted by Gasteiger charge is 2.44. The van der Waals surface area contributed by atoms with Gasteiger partial charge in [-0.2, -0.15) is 0 Å². The van der Waals surface area contributed by atoms with Gasteiger partial charge in [0.1, 0.15) is 12.4 Å². The molecule has 6 nitrogen and oxygen atoms in total. The molecule has 1 aromatic carbocycles. The summed E-state index contributed by atoms with van der Waals surface area (Å²) in [5, 5.41) is 3.38. The molecule has 6 heteroatoms. The summed E-state index contributed by atoms with van der Waals surface area (Å²) >= 11 is 0. The van der Waals surface area contributed by atoms with Crippen LogP contribution in [0.2, 0.25) is 0 Å². The zero-order valence-corrected chi connectivity index (χ0v) is 19.5. The number of ketones is 1. The maximum atomic E-state index is 13.4. The van der Waals surface area contributed by atoms with Crippen LogP contribution >= 0.6 is 0 Å². The van der Waals surface area contributed by atoms with Crippen LogP contribution in [0, 0.1) is 5.41 Å². The summed E-state index contributed by atoms with van der Waals surface area (Å²) in [5.41, 5.74) is 3.44. The van der Waals surface area contributed by atoms with Gasteiger partial charge in [-0.15, -0.1) is 0 Å². The molecule has 1 aromatic rings. The van der Waals surface area contributed by atoms with E-state index < -0.39 is 11.9 Å². The van der Waals surface area contributed by atoms with Gasteiger partial charge in [0.05, 0.1) is 24.2 Å². The van der Waals surface area contributed by atoms with Crippen molar-refractivity contribution in [3.63, 3.8) is 0 Å². The van der Waals surface area contributed by atoms with Crippen LogP contribution in [0.15, 0.2) is 46.8 Å². The molecule has 1 N–H and O–H groups in total. The second kappa shape index (κ2) is 9.10. The summed E-state index contributed by atoms with van der Waals surface area (Å²) in [6, 6.07) is 7.66. The lowest BCUT2D eigenvalue weighted by atomic mass is 9.68. The lowest BCUT2D eigenvalue weighted by Gasteiger charge is -2.39. The Kier molecular flexibility index (Phi) is 6.42. The number of carbonyl (C=O) groups is 2. The Bertz CT molecular complexity index is 968. The molecular formula is C26H33NO5. The third kappa shape index (κ3) is 4.46. The van der Waals surface area contributed by atoms with E-state index >= 15 is 0 Å². The molecule has 2 atom stereocenters. The number of ether oxygens (including phenoxy) is 3. The first kappa shape index (κ1) is 22.6. The van der Waals surface area contributed by atoms with Gasteiger partial charge < -0.3 is 19.5 Å². The summed E-state index contributed by atoms with van der Waals surface area (Å²) in [7, 11) is 0. The van der Waals surface area contributed by atoms with Crippen LogP contribution in [-0.2, 0) is 19.1 Å². The third-order valence-corrected chi connectivity index (χ3v) is 6.41. The van der Waals surface area contributed by atoms with Gasteiger partial charge in [0.15, 0.2) is 5.78 Å². The van der Waals surface area contributed by atoms with Gasteiger partial charge >= 0.3 is 5.97 Å². The van der Waals surface area contributed by atoms with Crippen LogP contribution in [0.3, 0.4) is 0 Å². The fourth-order valence-electron chi connectivity index (χ4n) is 5.05. The van der Waals surface area contributed by atoms with Gasteiger partial charge in [0, 0.05) is 35.6 Å². The zero-order valence-electron chi connectivity index (χ0n) is 19.5. The van der Waals surface area contributed by atoms with E-state index in [1.165, 1.54) is 0 Å². The maximum absolute atomic E-state index is 13.4. The highest BCUT2D eigenvalue weighted by Crippen LogP contribution is 2.48. The van der Waals surface area contributed by atoms with Crippen LogP contribution in [0.4, 0.5) is 0 Å². The first-order chi connectivity index (χ1) is 15.3. The van der Waals surface area contributed by atoms with E-state index in [4.69, 9.17) is 14.2 Å². The minimum atomic E-state index is -0.519. The molecule has 0 spiro atoms. The number of nitrogens with one attached hydrogen (secondary N) is 1. The molecule has 2 heterocycles. The second-order valence-corrected chi connectivity index (χ2v) is 9.63. The van der Waals surface area contributed by atoms with Crippen molar-refractivity contribution in [1.29, 1.82) is 0 Å². The van der Waals surface area contributed by atoms with Gasteiger partial charge in [-0.05, 0) is 44.6 Å². The number of benzene rings is 1. The van der Waals surface area contributed by atoms with Crippen molar-refractivity contribution in [3.8, 4) is 5.75 Å². The summed E-state index contributed by atoms with van der Waals surface area (Å²) in [5.74, 6) is -0.179. The summed E-state index contributed by atoms with van der Waals surface area (Å²) < 4.78 is 17.2. The van der Waals surface area contributed by atoms with Crippen molar-refractivity contribution in [2.45, 2.75) is 65.4 Å². The molecule has 3 aliphatic rings. The van der Waals surface area contributed by atoms with Gasteiger partial charge in [0.2, 0.25) is 0 Å². The van der Waals surface area contributed by atoms with Crippen molar-refractivity contribution < 1.29 is 23.8 Å². The highest BCUT2D eigenvalue weighted by atomic mass is 16.6. The van der Waals surface area contributed by atoms with Gasteiger partial charge in [-0.3, -0.25) is 4.79 Å². The molecular weight excluding hydrogens is 406 g/mol. The van der Waals surface area contributed by atoms with Crippen LogP contribution in [0.1, 0.15) is 64.9 Å². The average molecular weight is 440 g/mol. The minimum Gasteiger partial charge on any atom is -0.494 e.